The molecule has 0 radical (unpaired) electrons. The number of nitrogens with zero attached hydrogens (tertiary/aromatic N) is 6. The Morgan fingerprint density at radius 3 is 2.47 bits per heavy atom. The lowest BCUT2D eigenvalue weighted by Crippen LogP contribution is -2.43. The highest BCUT2D eigenvalue weighted by Gasteiger charge is 2.52. The molecule has 1 aliphatic heterocycles. The fourth-order valence-electron chi connectivity index (χ4n) is 3.34. The van der Waals surface area contributed by atoms with E-state index in [1.54, 1.807) is 19.9 Å². The molecule has 13 heteroatoms. The molecule has 10 nitrogen and oxygen atoms in total. The largest absolute Gasteiger partial charge is 0.573 e. The Bertz CT molecular complexity index is 1150. The molecule has 3 amide bonds. The zero-order chi connectivity index (χ0) is 23.1. The molecule has 0 aliphatic carbocycles. The number of nitrogens with one attached hydrogen (secondary N) is 1. The zero-order valence-corrected chi connectivity index (χ0v) is 16.8. The van der Waals surface area contributed by atoms with E-state index in [9.17, 15) is 22.8 Å². The van der Waals surface area contributed by atoms with Crippen molar-refractivity contribution in [3.8, 4) is 17.1 Å². The summed E-state index contributed by atoms with van der Waals surface area (Å²) in [6, 6.07) is 5.57. The van der Waals surface area contributed by atoms with E-state index in [2.05, 4.69) is 30.3 Å². The number of aromatic amines is 1. The number of tetrazole rings is 1. The lowest BCUT2D eigenvalue weighted by molar-refractivity contribution is -0.274. The maximum atomic E-state index is 13.2. The topological polar surface area (TPSA) is 117 Å². The molecule has 1 aromatic carbocycles. The molecule has 1 fully saturated rings. The maximum absolute atomic E-state index is 13.2. The predicted octanol–water partition coefficient (Wildman–Crippen LogP) is 2.91. The number of imide groups is 1. The maximum Gasteiger partial charge on any atom is 0.573 e. The number of benzene rings is 1. The molecule has 1 N–H and O–H groups in total. The van der Waals surface area contributed by atoms with Gasteiger partial charge in [0.15, 0.2) is 5.82 Å². The van der Waals surface area contributed by atoms with E-state index in [1.807, 2.05) is 0 Å². The minimum atomic E-state index is -4.85. The predicted molar refractivity (Wildman–Crippen MR) is 103 cm³/mol. The Kier molecular flexibility index (Phi) is 5.03. The first-order chi connectivity index (χ1) is 15.1. The summed E-state index contributed by atoms with van der Waals surface area (Å²) in [5, 5.41) is 13.6. The van der Waals surface area contributed by atoms with Crippen molar-refractivity contribution < 1.29 is 27.5 Å². The van der Waals surface area contributed by atoms with Crippen LogP contribution in [0.15, 0.2) is 42.7 Å². The van der Waals surface area contributed by atoms with Crippen molar-refractivity contribution in [3.63, 3.8) is 0 Å². The summed E-state index contributed by atoms with van der Waals surface area (Å²) < 4.78 is 41.0. The van der Waals surface area contributed by atoms with Crippen LogP contribution >= 0.6 is 0 Å². The van der Waals surface area contributed by atoms with Crippen LogP contribution in [0.4, 0.5) is 23.7 Å². The summed E-state index contributed by atoms with van der Waals surface area (Å²) in [6.07, 6.45) is -1.78. The van der Waals surface area contributed by atoms with Crippen LogP contribution in [0.5, 0.6) is 5.75 Å². The first-order valence-electron chi connectivity index (χ1n) is 9.27. The van der Waals surface area contributed by atoms with Crippen LogP contribution in [0.2, 0.25) is 0 Å². The number of alkyl halides is 3. The number of rotatable bonds is 5. The number of urea groups is 1. The van der Waals surface area contributed by atoms with Gasteiger partial charge in [-0.15, -0.1) is 18.3 Å². The molecular formula is C19H16F3N7O3. The van der Waals surface area contributed by atoms with E-state index in [-0.39, 0.29) is 12.2 Å². The van der Waals surface area contributed by atoms with Crippen LogP contribution in [-0.4, -0.2) is 54.3 Å². The summed E-state index contributed by atoms with van der Waals surface area (Å²) in [4.78, 5) is 32.6. The SMILES string of the molecule is CC1(C)C(=O)N(c2ccc(OC(F)(F)F)cc2)C(=O)N1Cc1ccncc1-c1nnn[nH]1. The number of ether oxygens (including phenoxy) is 1. The Morgan fingerprint density at radius 1 is 1.12 bits per heavy atom. The van der Waals surface area contributed by atoms with Crippen molar-refractivity contribution in [2.75, 3.05) is 4.90 Å². The number of carbonyl (C=O) groups is 2. The molecule has 4 rings (SSSR count). The average molecular weight is 447 g/mol. The minimum absolute atomic E-state index is 0.0435. The Balaban J connectivity index is 1.63. The highest BCUT2D eigenvalue weighted by Crippen LogP contribution is 2.35. The van der Waals surface area contributed by atoms with Gasteiger partial charge in [-0.3, -0.25) is 9.78 Å². The van der Waals surface area contributed by atoms with Gasteiger partial charge >= 0.3 is 12.4 Å². The monoisotopic (exact) mass is 447 g/mol. The van der Waals surface area contributed by atoms with E-state index < -0.39 is 29.6 Å². The van der Waals surface area contributed by atoms with E-state index >= 15 is 0 Å². The molecule has 166 valence electrons. The van der Waals surface area contributed by atoms with Crippen molar-refractivity contribution >= 4 is 17.6 Å². The summed E-state index contributed by atoms with van der Waals surface area (Å²) in [7, 11) is 0. The van der Waals surface area contributed by atoms with Gasteiger partial charge in [0.25, 0.3) is 5.91 Å². The molecule has 3 heterocycles. The highest BCUT2D eigenvalue weighted by atomic mass is 19.4. The third-order valence-electron chi connectivity index (χ3n) is 4.99. The highest BCUT2D eigenvalue weighted by molar-refractivity contribution is 6.22. The molecule has 0 saturated carbocycles. The fraction of sp³-hybridized carbons (Fsp3) is 0.263. The summed E-state index contributed by atoms with van der Waals surface area (Å²) >= 11 is 0. The van der Waals surface area contributed by atoms with E-state index in [1.165, 1.54) is 29.4 Å². The number of H-pyrrole nitrogens is 1. The quantitative estimate of drug-likeness (QED) is 0.598. The lowest BCUT2D eigenvalue weighted by atomic mass is 10.0. The van der Waals surface area contributed by atoms with Crippen LogP contribution in [0.25, 0.3) is 11.4 Å². The van der Waals surface area contributed by atoms with E-state index in [0.717, 1.165) is 17.0 Å². The number of hydrogen-bond donors (Lipinski definition) is 1. The van der Waals surface area contributed by atoms with Crippen molar-refractivity contribution in [3.05, 3.63) is 48.3 Å². The Morgan fingerprint density at radius 2 is 1.84 bits per heavy atom. The smallest absolute Gasteiger partial charge is 0.406 e. The second-order valence-electron chi connectivity index (χ2n) is 7.39. The van der Waals surface area contributed by atoms with Crippen LogP contribution in [0, 0.1) is 0 Å². The van der Waals surface area contributed by atoms with E-state index in [4.69, 9.17) is 0 Å². The van der Waals surface area contributed by atoms with Gasteiger partial charge in [-0.1, -0.05) is 0 Å². The third-order valence-corrected chi connectivity index (χ3v) is 4.99. The molecule has 1 saturated heterocycles. The molecule has 0 atom stereocenters. The zero-order valence-electron chi connectivity index (χ0n) is 16.8. The Hall–Kier alpha value is -4.03. The lowest BCUT2D eigenvalue weighted by Gasteiger charge is -2.28. The molecule has 2 aromatic heterocycles. The summed E-state index contributed by atoms with van der Waals surface area (Å²) in [6.45, 7) is 3.22. The number of hydrogen-bond acceptors (Lipinski definition) is 7. The Labute approximate surface area is 179 Å². The van der Waals surface area contributed by atoms with Crippen LogP contribution in [-0.2, 0) is 11.3 Å². The molecule has 0 bridgehead atoms. The number of carbonyl (C=O) groups excluding carboxylic acids is 2. The molecule has 3 aromatic rings. The van der Waals surface area contributed by atoms with Crippen LogP contribution in [0.1, 0.15) is 19.4 Å². The van der Waals surface area contributed by atoms with E-state index in [0.29, 0.717) is 17.0 Å². The summed E-state index contributed by atoms with van der Waals surface area (Å²) in [5.41, 5.74) is 0.0991. The van der Waals surface area contributed by atoms with Gasteiger partial charge < -0.3 is 9.64 Å². The number of aromatic nitrogens is 5. The molecule has 1 aliphatic rings. The second-order valence-corrected chi connectivity index (χ2v) is 7.39. The van der Waals surface area contributed by atoms with Crippen molar-refractivity contribution in [2.45, 2.75) is 32.3 Å². The number of pyridine rings is 1. The van der Waals surface area contributed by atoms with Crippen molar-refractivity contribution in [1.29, 1.82) is 0 Å². The van der Waals surface area contributed by atoms with Crippen LogP contribution in [0.3, 0.4) is 0 Å². The van der Waals surface area contributed by atoms with Gasteiger partial charge in [0.1, 0.15) is 11.3 Å². The van der Waals surface area contributed by atoms with Gasteiger partial charge in [-0.25, -0.2) is 14.8 Å². The summed E-state index contributed by atoms with van der Waals surface area (Å²) in [5.74, 6) is -0.636. The van der Waals surface area contributed by atoms with Crippen LogP contribution < -0.4 is 9.64 Å². The first kappa shape index (κ1) is 21.2. The normalized spacial score (nSPS) is 16.0. The van der Waals surface area contributed by atoms with Gasteiger partial charge in [0.2, 0.25) is 0 Å². The molecular weight excluding hydrogens is 431 g/mol. The fourth-order valence-corrected chi connectivity index (χ4v) is 3.34. The minimum Gasteiger partial charge on any atom is -0.406 e. The third kappa shape index (κ3) is 3.84. The molecule has 0 spiro atoms. The number of anilines is 1. The second kappa shape index (κ2) is 7.59. The van der Waals surface area contributed by atoms with Gasteiger partial charge in [0.05, 0.1) is 5.69 Å². The number of amides is 3. The average Bonchev–Trinajstić information content (AvgIpc) is 3.31. The van der Waals surface area contributed by atoms with Gasteiger partial charge in [0, 0.05) is 24.5 Å². The standard InChI is InChI=1S/C19H16F3N7O3/c1-18(2)16(30)29(12-3-5-13(6-4-12)32-19(20,21)22)17(31)28(18)10-11-7-8-23-9-14(11)15-24-26-27-25-15/h3-9H,10H2,1-2H3,(H,24,25,26,27). The molecule has 0 unspecified atom stereocenters. The number of halogens is 3. The van der Waals surface area contributed by atoms with Gasteiger partial charge in [-0.2, -0.15) is 0 Å². The van der Waals surface area contributed by atoms with Gasteiger partial charge in [-0.05, 0) is 60.2 Å². The van der Waals surface area contributed by atoms with Crippen molar-refractivity contribution in [2.24, 2.45) is 0 Å². The molecule has 32 heavy (non-hydrogen) atoms. The van der Waals surface area contributed by atoms with Crippen molar-refractivity contribution in [1.82, 2.24) is 30.5 Å². The first-order valence-corrected chi connectivity index (χ1v) is 9.27.